The first kappa shape index (κ1) is 15.4. The van der Waals surface area contributed by atoms with Crippen molar-refractivity contribution in [3.63, 3.8) is 0 Å². The fraction of sp³-hybridized carbons (Fsp3) is 0.357. The lowest BCUT2D eigenvalue weighted by Crippen LogP contribution is -2.19. The van der Waals surface area contributed by atoms with Crippen LogP contribution in [0.5, 0.6) is 5.75 Å². The van der Waals surface area contributed by atoms with Crippen molar-refractivity contribution in [1.82, 2.24) is 15.1 Å². The SMILES string of the molecule is CCNCc1cnn(-c2ccccc2OC)c1C(F)(F)F. The second-order valence-corrected chi connectivity index (χ2v) is 4.38. The zero-order valence-corrected chi connectivity index (χ0v) is 11.7. The topological polar surface area (TPSA) is 39.1 Å². The molecule has 21 heavy (non-hydrogen) atoms. The second kappa shape index (κ2) is 6.17. The van der Waals surface area contributed by atoms with E-state index in [-0.39, 0.29) is 17.8 Å². The molecule has 0 amide bonds. The summed E-state index contributed by atoms with van der Waals surface area (Å²) in [5, 5.41) is 6.78. The van der Waals surface area contributed by atoms with E-state index in [1.807, 2.05) is 6.92 Å². The van der Waals surface area contributed by atoms with Crippen LogP contribution < -0.4 is 10.1 Å². The summed E-state index contributed by atoms with van der Waals surface area (Å²) in [4.78, 5) is 0. The van der Waals surface area contributed by atoms with Gasteiger partial charge < -0.3 is 10.1 Å². The number of aromatic nitrogens is 2. The number of benzene rings is 1. The summed E-state index contributed by atoms with van der Waals surface area (Å²) in [5.41, 5.74) is -0.418. The maximum atomic E-state index is 13.4. The van der Waals surface area contributed by atoms with Crippen LogP contribution in [0.3, 0.4) is 0 Å². The van der Waals surface area contributed by atoms with E-state index in [2.05, 4.69) is 10.4 Å². The summed E-state index contributed by atoms with van der Waals surface area (Å²) in [6.45, 7) is 2.52. The lowest BCUT2D eigenvalue weighted by Gasteiger charge is -2.15. The number of hydrogen-bond donors (Lipinski definition) is 1. The highest BCUT2D eigenvalue weighted by atomic mass is 19.4. The van der Waals surface area contributed by atoms with Crippen molar-refractivity contribution < 1.29 is 17.9 Å². The Hall–Kier alpha value is -2.02. The van der Waals surface area contributed by atoms with Gasteiger partial charge in [0.2, 0.25) is 0 Å². The van der Waals surface area contributed by atoms with Gasteiger partial charge in [0, 0.05) is 12.1 Å². The summed E-state index contributed by atoms with van der Waals surface area (Å²) < 4.78 is 46.1. The molecule has 2 aromatic rings. The molecule has 0 atom stereocenters. The van der Waals surface area contributed by atoms with Gasteiger partial charge in [-0.05, 0) is 18.7 Å². The van der Waals surface area contributed by atoms with E-state index in [1.54, 1.807) is 18.2 Å². The Bertz CT molecular complexity index is 608. The number of para-hydroxylation sites is 2. The number of hydrogen-bond acceptors (Lipinski definition) is 3. The molecule has 2 rings (SSSR count). The highest BCUT2D eigenvalue weighted by Gasteiger charge is 2.38. The maximum Gasteiger partial charge on any atom is 0.433 e. The molecule has 0 radical (unpaired) electrons. The Balaban J connectivity index is 2.56. The quantitative estimate of drug-likeness (QED) is 0.922. The van der Waals surface area contributed by atoms with E-state index in [0.29, 0.717) is 12.3 Å². The molecule has 0 fully saturated rings. The smallest absolute Gasteiger partial charge is 0.433 e. The van der Waals surface area contributed by atoms with Gasteiger partial charge in [-0.1, -0.05) is 19.1 Å². The van der Waals surface area contributed by atoms with Crippen molar-refractivity contribution >= 4 is 0 Å². The minimum Gasteiger partial charge on any atom is -0.494 e. The third-order valence-corrected chi connectivity index (χ3v) is 2.99. The number of halogens is 3. The Morgan fingerprint density at radius 1 is 1.29 bits per heavy atom. The van der Waals surface area contributed by atoms with Crippen LogP contribution in [-0.4, -0.2) is 23.4 Å². The van der Waals surface area contributed by atoms with E-state index < -0.39 is 11.9 Å². The van der Waals surface area contributed by atoms with Crippen LogP contribution in [-0.2, 0) is 12.7 Å². The first-order valence-electron chi connectivity index (χ1n) is 6.47. The van der Waals surface area contributed by atoms with Crippen LogP contribution in [0.1, 0.15) is 18.2 Å². The predicted octanol–water partition coefficient (Wildman–Crippen LogP) is 3.01. The third kappa shape index (κ3) is 3.18. The largest absolute Gasteiger partial charge is 0.494 e. The molecule has 0 aliphatic rings. The maximum absolute atomic E-state index is 13.4. The molecular weight excluding hydrogens is 283 g/mol. The number of ether oxygens (including phenoxy) is 1. The molecule has 1 aromatic carbocycles. The summed E-state index contributed by atoms with van der Waals surface area (Å²) >= 11 is 0. The summed E-state index contributed by atoms with van der Waals surface area (Å²) in [6.07, 6.45) is -3.26. The molecule has 1 heterocycles. The Labute approximate surface area is 120 Å². The first-order valence-corrected chi connectivity index (χ1v) is 6.47. The minimum absolute atomic E-state index is 0.107. The molecule has 0 saturated heterocycles. The lowest BCUT2D eigenvalue weighted by atomic mass is 10.2. The van der Waals surface area contributed by atoms with Gasteiger partial charge in [0.05, 0.1) is 13.3 Å². The highest BCUT2D eigenvalue weighted by Crippen LogP contribution is 2.35. The monoisotopic (exact) mass is 299 g/mol. The van der Waals surface area contributed by atoms with Crippen LogP contribution >= 0.6 is 0 Å². The van der Waals surface area contributed by atoms with Gasteiger partial charge in [-0.25, -0.2) is 4.68 Å². The van der Waals surface area contributed by atoms with Gasteiger partial charge in [0.15, 0.2) is 5.69 Å². The van der Waals surface area contributed by atoms with Crippen molar-refractivity contribution in [2.75, 3.05) is 13.7 Å². The molecule has 0 aliphatic heterocycles. The van der Waals surface area contributed by atoms with Gasteiger partial charge in [-0.15, -0.1) is 0 Å². The molecule has 7 heteroatoms. The van der Waals surface area contributed by atoms with Crippen LogP contribution in [0.2, 0.25) is 0 Å². The van der Waals surface area contributed by atoms with Crippen molar-refractivity contribution in [2.24, 2.45) is 0 Å². The van der Waals surface area contributed by atoms with Gasteiger partial charge in [-0.3, -0.25) is 0 Å². The molecular formula is C14H16F3N3O. The van der Waals surface area contributed by atoms with E-state index >= 15 is 0 Å². The Kier molecular flexibility index (Phi) is 4.52. The van der Waals surface area contributed by atoms with Crippen LogP contribution in [0, 0.1) is 0 Å². The zero-order valence-electron chi connectivity index (χ0n) is 11.7. The lowest BCUT2D eigenvalue weighted by molar-refractivity contribution is -0.143. The van der Waals surface area contributed by atoms with Crippen LogP contribution in [0.15, 0.2) is 30.5 Å². The Morgan fingerprint density at radius 2 is 2.00 bits per heavy atom. The summed E-state index contributed by atoms with van der Waals surface area (Å²) in [7, 11) is 1.41. The predicted molar refractivity (Wildman–Crippen MR) is 72.5 cm³/mol. The minimum atomic E-state index is -4.50. The standard InChI is InChI=1S/C14H16F3N3O/c1-3-18-8-10-9-19-20(13(10)14(15,16)17)11-6-4-5-7-12(11)21-2/h4-7,9,18H,3,8H2,1-2H3. The number of nitrogens with one attached hydrogen (secondary N) is 1. The van der Waals surface area contributed by atoms with Crippen molar-refractivity contribution in [2.45, 2.75) is 19.6 Å². The Morgan fingerprint density at radius 3 is 2.62 bits per heavy atom. The summed E-state index contributed by atoms with van der Waals surface area (Å²) in [5.74, 6) is 0.334. The third-order valence-electron chi connectivity index (χ3n) is 2.99. The van der Waals surface area contributed by atoms with E-state index in [1.165, 1.54) is 19.4 Å². The van der Waals surface area contributed by atoms with Gasteiger partial charge >= 0.3 is 6.18 Å². The molecule has 0 aliphatic carbocycles. The number of rotatable bonds is 5. The number of methoxy groups -OCH3 is 1. The molecule has 0 bridgehead atoms. The first-order chi connectivity index (χ1) is 9.99. The number of nitrogens with zero attached hydrogens (tertiary/aromatic N) is 2. The van der Waals surface area contributed by atoms with E-state index in [9.17, 15) is 13.2 Å². The zero-order chi connectivity index (χ0) is 15.5. The molecule has 114 valence electrons. The molecule has 0 saturated carbocycles. The average molecular weight is 299 g/mol. The molecule has 0 unspecified atom stereocenters. The van der Waals surface area contributed by atoms with Crippen molar-refractivity contribution in [1.29, 1.82) is 0 Å². The van der Waals surface area contributed by atoms with Gasteiger partial charge in [0.25, 0.3) is 0 Å². The normalized spacial score (nSPS) is 11.7. The summed E-state index contributed by atoms with van der Waals surface area (Å²) in [6, 6.07) is 6.47. The van der Waals surface area contributed by atoms with Gasteiger partial charge in [-0.2, -0.15) is 18.3 Å². The van der Waals surface area contributed by atoms with Crippen molar-refractivity contribution in [3.8, 4) is 11.4 Å². The van der Waals surface area contributed by atoms with Crippen LogP contribution in [0.4, 0.5) is 13.2 Å². The fourth-order valence-electron chi connectivity index (χ4n) is 2.06. The second-order valence-electron chi connectivity index (χ2n) is 4.38. The molecule has 1 aromatic heterocycles. The van der Waals surface area contributed by atoms with Crippen LogP contribution in [0.25, 0.3) is 5.69 Å². The highest BCUT2D eigenvalue weighted by molar-refractivity contribution is 5.48. The van der Waals surface area contributed by atoms with E-state index in [4.69, 9.17) is 4.74 Å². The molecule has 0 spiro atoms. The number of alkyl halides is 3. The van der Waals surface area contributed by atoms with E-state index in [0.717, 1.165) is 4.68 Å². The molecule has 4 nitrogen and oxygen atoms in total. The fourth-order valence-corrected chi connectivity index (χ4v) is 2.06. The van der Waals surface area contributed by atoms with Gasteiger partial charge in [0.1, 0.15) is 11.4 Å². The average Bonchev–Trinajstić information content (AvgIpc) is 2.88. The molecule has 1 N–H and O–H groups in total. The van der Waals surface area contributed by atoms with Crippen molar-refractivity contribution in [3.05, 3.63) is 41.7 Å².